The molecular weight excluding hydrogens is 276 g/mol. The number of benzene rings is 1. The predicted molar refractivity (Wildman–Crippen MR) is 78.5 cm³/mol. The Morgan fingerprint density at radius 3 is 2.70 bits per heavy atom. The minimum absolute atomic E-state index is 0.225. The molecule has 0 saturated carbocycles. The quantitative estimate of drug-likeness (QED) is 0.345. The van der Waals surface area contributed by atoms with Crippen molar-refractivity contribution >= 4 is 24.5 Å². The number of rotatable bonds is 4. The highest BCUT2D eigenvalue weighted by atomic mass is 32.1. The Balaban J connectivity index is 2.52. The molecule has 0 aliphatic heterocycles. The second-order valence-electron chi connectivity index (χ2n) is 3.87. The lowest BCUT2D eigenvalue weighted by molar-refractivity contribution is 0.0526. The molecule has 0 amide bonds. The van der Waals surface area contributed by atoms with Gasteiger partial charge in [0.15, 0.2) is 0 Å². The van der Waals surface area contributed by atoms with Crippen LogP contribution in [0.2, 0.25) is 0 Å². The molecule has 20 heavy (non-hydrogen) atoms. The van der Waals surface area contributed by atoms with Gasteiger partial charge in [-0.15, -0.1) is 12.6 Å². The molecule has 0 fully saturated rings. The summed E-state index contributed by atoms with van der Waals surface area (Å²) in [5, 5.41) is 0. The van der Waals surface area contributed by atoms with Crippen LogP contribution in [0.5, 0.6) is 0 Å². The van der Waals surface area contributed by atoms with Gasteiger partial charge in [0.1, 0.15) is 5.56 Å². The average molecular weight is 290 g/mol. The maximum absolute atomic E-state index is 11.9. The van der Waals surface area contributed by atoms with Crippen molar-refractivity contribution in [3.63, 3.8) is 0 Å². The van der Waals surface area contributed by atoms with Crippen LogP contribution in [0.25, 0.3) is 11.3 Å². The maximum atomic E-state index is 11.9. The van der Waals surface area contributed by atoms with Crippen molar-refractivity contribution in [2.45, 2.75) is 11.8 Å². The average Bonchev–Trinajstić information content (AvgIpc) is 2.47. The van der Waals surface area contributed by atoms with Crippen LogP contribution in [0, 0.1) is 0 Å². The van der Waals surface area contributed by atoms with E-state index in [0.717, 1.165) is 10.5 Å². The minimum atomic E-state index is -0.471. The summed E-state index contributed by atoms with van der Waals surface area (Å²) < 4.78 is 5.00. The number of hydrazine groups is 1. The van der Waals surface area contributed by atoms with Crippen LogP contribution >= 0.6 is 12.6 Å². The molecule has 2 rings (SSSR count). The van der Waals surface area contributed by atoms with Crippen LogP contribution in [0.3, 0.4) is 0 Å². The molecular formula is C13H14N4O2S. The normalized spacial score (nSPS) is 10.2. The van der Waals surface area contributed by atoms with Gasteiger partial charge >= 0.3 is 5.97 Å². The van der Waals surface area contributed by atoms with Crippen LogP contribution in [0.15, 0.2) is 35.4 Å². The van der Waals surface area contributed by atoms with Crippen molar-refractivity contribution in [3.8, 4) is 11.3 Å². The van der Waals surface area contributed by atoms with Crippen LogP contribution in [-0.4, -0.2) is 22.5 Å². The number of carbonyl (C=O) groups excluding carboxylic acids is 1. The van der Waals surface area contributed by atoms with Crippen molar-refractivity contribution in [1.82, 2.24) is 9.97 Å². The number of esters is 1. The summed E-state index contributed by atoms with van der Waals surface area (Å²) in [5.74, 6) is 5.06. The molecule has 1 aromatic heterocycles. The van der Waals surface area contributed by atoms with Crippen LogP contribution in [0.1, 0.15) is 17.3 Å². The molecule has 0 radical (unpaired) electrons. The first kappa shape index (κ1) is 14.3. The van der Waals surface area contributed by atoms with Crippen molar-refractivity contribution in [3.05, 3.63) is 36.0 Å². The topological polar surface area (TPSA) is 90.1 Å². The Kier molecular flexibility index (Phi) is 4.54. The number of nitrogen functional groups attached to an aromatic ring is 1. The molecule has 0 bridgehead atoms. The molecule has 0 unspecified atom stereocenters. The van der Waals surface area contributed by atoms with Gasteiger partial charge < -0.3 is 4.74 Å². The number of ether oxygens (including phenoxy) is 1. The highest BCUT2D eigenvalue weighted by Crippen LogP contribution is 2.24. The van der Waals surface area contributed by atoms with Crippen molar-refractivity contribution in [2.75, 3.05) is 12.0 Å². The number of carbonyl (C=O) groups is 1. The molecule has 1 aromatic carbocycles. The molecule has 1 heterocycles. The Bertz CT molecular complexity index is 616. The van der Waals surface area contributed by atoms with Gasteiger partial charge in [0.25, 0.3) is 0 Å². The Hall–Kier alpha value is -2.12. The van der Waals surface area contributed by atoms with Gasteiger partial charge in [0.05, 0.1) is 12.3 Å². The van der Waals surface area contributed by atoms with Crippen LogP contribution in [0.4, 0.5) is 5.95 Å². The Labute approximate surface area is 121 Å². The third-order valence-corrected chi connectivity index (χ3v) is 2.85. The maximum Gasteiger partial charge on any atom is 0.341 e. The third kappa shape index (κ3) is 3.06. The summed E-state index contributed by atoms with van der Waals surface area (Å²) in [4.78, 5) is 20.9. The zero-order valence-corrected chi connectivity index (χ0v) is 11.7. The van der Waals surface area contributed by atoms with Crippen LogP contribution in [-0.2, 0) is 4.74 Å². The van der Waals surface area contributed by atoms with E-state index in [1.807, 2.05) is 24.3 Å². The molecule has 0 aliphatic carbocycles. The molecule has 7 heteroatoms. The van der Waals surface area contributed by atoms with E-state index in [1.54, 1.807) is 6.92 Å². The van der Waals surface area contributed by atoms with Gasteiger partial charge in [-0.2, -0.15) is 0 Å². The van der Waals surface area contributed by atoms with Crippen molar-refractivity contribution in [1.29, 1.82) is 0 Å². The number of hydrogen-bond donors (Lipinski definition) is 3. The minimum Gasteiger partial charge on any atom is -0.462 e. The Morgan fingerprint density at radius 2 is 2.10 bits per heavy atom. The summed E-state index contributed by atoms with van der Waals surface area (Å²) in [5.41, 5.74) is 3.86. The SMILES string of the molecule is CCOC(=O)c1cnc(NN)nc1-c1ccc(S)cc1. The first-order valence-electron chi connectivity index (χ1n) is 5.96. The third-order valence-electron chi connectivity index (χ3n) is 2.55. The zero-order valence-electron chi connectivity index (χ0n) is 10.8. The smallest absolute Gasteiger partial charge is 0.341 e. The van der Waals surface area contributed by atoms with Gasteiger partial charge in [-0.05, 0) is 19.1 Å². The number of nitrogens with zero attached hydrogens (tertiary/aromatic N) is 2. The Morgan fingerprint density at radius 1 is 1.40 bits per heavy atom. The molecule has 2 aromatic rings. The highest BCUT2D eigenvalue weighted by Gasteiger charge is 2.17. The fraction of sp³-hybridized carbons (Fsp3) is 0.154. The number of nitrogens with two attached hydrogens (primary N) is 1. The van der Waals surface area contributed by atoms with Crippen LogP contribution < -0.4 is 11.3 Å². The molecule has 104 valence electrons. The van der Waals surface area contributed by atoms with E-state index < -0.39 is 5.97 Å². The summed E-state index contributed by atoms with van der Waals surface area (Å²) in [6, 6.07) is 7.25. The standard InChI is InChI=1S/C13H14N4O2S/c1-2-19-12(18)10-7-15-13(17-14)16-11(10)8-3-5-9(20)6-4-8/h3-7,20H,2,14H2,1H3,(H,15,16,17). The number of hydrogen-bond acceptors (Lipinski definition) is 7. The van der Waals surface area contributed by atoms with E-state index in [4.69, 9.17) is 10.6 Å². The first-order chi connectivity index (χ1) is 9.65. The van der Waals surface area contributed by atoms with E-state index in [0.29, 0.717) is 5.69 Å². The fourth-order valence-corrected chi connectivity index (χ4v) is 1.80. The van der Waals surface area contributed by atoms with Gasteiger partial charge in [0.2, 0.25) is 5.95 Å². The number of thiol groups is 1. The molecule has 0 atom stereocenters. The number of aromatic nitrogens is 2. The summed E-state index contributed by atoms with van der Waals surface area (Å²) in [7, 11) is 0. The molecule has 3 N–H and O–H groups in total. The second-order valence-corrected chi connectivity index (χ2v) is 4.38. The summed E-state index contributed by atoms with van der Waals surface area (Å²) in [6.45, 7) is 2.02. The predicted octanol–water partition coefficient (Wildman–Crippen LogP) is 1.89. The fourth-order valence-electron chi connectivity index (χ4n) is 1.65. The van der Waals surface area contributed by atoms with Crippen molar-refractivity contribution < 1.29 is 9.53 Å². The van der Waals surface area contributed by atoms with E-state index in [1.165, 1.54) is 6.20 Å². The van der Waals surface area contributed by atoms with E-state index in [-0.39, 0.29) is 18.1 Å². The lowest BCUT2D eigenvalue weighted by Gasteiger charge is -2.09. The molecule has 6 nitrogen and oxygen atoms in total. The van der Waals surface area contributed by atoms with Gasteiger partial charge in [-0.1, -0.05) is 12.1 Å². The zero-order chi connectivity index (χ0) is 14.5. The van der Waals surface area contributed by atoms with Crippen molar-refractivity contribution in [2.24, 2.45) is 5.84 Å². The largest absolute Gasteiger partial charge is 0.462 e. The lowest BCUT2D eigenvalue weighted by Crippen LogP contribution is -2.14. The second kappa shape index (κ2) is 6.36. The van der Waals surface area contributed by atoms with E-state index >= 15 is 0 Å². The van der Waals surface area contributed by atoms with E-state index in [9.17, 15) is 4.79 Å². The van der Waals surface area contributed by atoms with Gasteiger partial charge in [-0.3, -0.25) is 5.43 Å². The first-order valence-corrected chi connectivity index (χ1v) is 6.40. The van der Waals surface area contributed by atoms with Gasteiger partial charge in [0, 0.05) is 16.7 Å². The monoisotopic (exact) mass is 290 g/mol. The lowest BCUT2D eigenvalue weighted by atomic mass is 10.1. The summed E-state index contributed by atoms with van der Waals surface area (Å²) >= 11 is 4.23. The number of nitrogens with one attached hydrogen (secondary N) is 1. The van der Waals surface area contributed by atoms with E-state index in [2.05, 4.69) is 28.0 Å². The highest BCUT2D eigenvalue weighted by molar-refractivity contribution is 7.80. The molecule has 0 spiro atoms. The molecule has 0 aliphatic rings. The van der Waals surface area contributed by atoms with Gasteiger partial charge in [-0.25, -0.2) is 20.6 Å². The number of anilines is 1. The summed E-state index contributed by atoms with van der Waals surface area (Å²) in [6.07, 6.45) is 1.39. The molecule has 0 saturated heterocycles.